The van der Waals surface area contributed by atoms with Gasteiger partial charge in [0.05, 0.1) is 12.9 Å². The summed E-state index contributed by atoms with van der Waals surface area (Å²) >= 11 is 0. The highest BCUT2D eigenvalue weighted by atomic mass is 15.2. The molecule has 0 saturated heterocycles. The van der Waals surface area contributed by atoms with E-state index >= 15 is 0 Å². The molecule has 6 nitrogen and oxygen atoms in total. The van der Waals surface area contributed by atoms with Gasteiger partial charge in [0.15, 0.2) is 17.0 Å². The second kappa shape index (κ2) is 7.03. The van der Waals surface area contributed by atoms with Crippen molar-refractivity contribution in [2.75, 3.05) is 5.32 Å². The Morgan fingerprint density at radius 3 is 2.31 bits per heavy atom. The van der Waals surface area contributed by atoms with Gasteiger partial charge < -0.3 is 9.88 Å². The lowest BCUT2D eigenvalue weighted by Crippen LogP contribution is -2.06. The molecule has 0 unspecified atom stereocenters. The van der Waals surface area contributed by atoms with E-state index in [0.29, 0.717) is 30.1 Å². The van der Waals surface area contributed by atoms with Crippen molar-refractivity contribution in [2.24, 2.45) is 0 Å². The number of fused-ring (bicyclic) bond motifs is 1. The Balaban J connectivity index is 1.68. The van der Waals surface area contributed by atoms with Gasteiger partial charge in [0, 0.05) is 6.54 Å². The molecule has 4 aromatic rings. The predicted molar refractivity (Wildman–Crippen MR) is 99.4 cm³/mol. The lowest BCUT2D eigenvalue weighted by Gasteiger charge is -2.08. The Bertz CT molecular complexity index is 1060. The molecular formula is C20H16N6. The van der Waals surface area contributed by atoms with Gasteiger partial charge in [-0.25, -0.2) is 4.98 Å². The maximum atomic E-state index is 9.29. The zero-order valence-corrected chi connectivity index (χ0v) is 14.0. The van der Waals surface area contributed by atoms with Crippen molar-refractivity contribution in [3.05, 3.63) is 83.9 Å². The third kappa shape index (κ3) is 3.23. The molecule has 0 saturated carbocycles. The van der Waals surface area contributed by atoms with E-state index in [2.05, 4.69) is 20.3 Å². The normalized spacial score (nSPS) is 10.6. The summed E-state index contributed by atoms with van der Waals surface area (Å²) in [5.41, 5.74) is 3.58. The summed E-state index contributed by atoms with van der Waals surface area (Å²) in [6.07, 6.45) is 1.74. The standard InChI is InChI=1S/C20H16N6/c21-11-17-24-19(22-12-15-7-3-1-4-8-15)18-20(25-17)26(14-23-18)13-16-9-5-2-6-10-16/h1-10,14H,12-13H2,(H,22,24,25). The third-order valence-corrected chi connectivity index (χ3v) is 4.06. The van der Waals surface area contributed by atoms with E-state index in [1.807, 2.05) is 71.3 Å². The van der Waals surface area contributed by atoms with Gasteiger partial charge in [0.1, 0.15) is 6.07 Å². The number of benzene rings is 2. The first-order valence-corrected chi connectivity index (χ1v) is 8.28. The van der Waals surface area contributed by atoms with E-state index in [-0.39, 0.29) is 5.82 Å². The van der Waals surface area contributed by atoms with Crippen LogP contribution in [0.25, 0.3) is 11.2 Å². The molecule has 0 amide bonds. The summed E-state index contributed by atoms with van der Waals surface area (Å²) in [6, 6.07) is 22.1. The molecule has 0 atom stereocenters. The van der Waals surface area contributed by atoms with E-state index in [1.54, 1.807) is 6.33 Å². The average molecular weight is 340 g/mol. The summed E-state index contributed by atoms with van der Waals surface area (Å²) in [5, 5.41) is 12.6. The molecule has 0 spiro atoms. The Morgan fingerprint density at radius 2 is 1.62 bits per heavy atom. The fourth-order valence-corrected chi connectivity index (χ4v) is 2.79. The monoisotopic (exact) mass is 340 g/mol. The number of nitrogens with zero attached hydrogens (tertiary/aromatic N) is 5. The lowest BCUT2D eigenvalue weighted by molar-refractivity contribution is 0.812. The molecule has 126 valence electrons. The van der Waals surface area contributed by atoms with Gasteiger partial charge in [0.2, 0.25) is 5.82 Å². The van der Waals surface area contributed by atoms with E-state index in [0.717, 1.165) is 11.1 Å². The fourth-order valence-electron chi connectivity index (χ4n) is 2.79. The summed E-state index contributed by atoms with van der Waals surface area (Å²) in [7, 11) is 0. The first-order chi connectivity index (χ1) is 12.8. The van der Waals surface area contributed by atoms with Crippen molar-refractivity contribution in [1.82, 2.24) is 19.5 Å². The number of nitriles is 1. The van der Waals surface area contributed by atoms with E-state index in [9.17, 15) is 5.26 Å². The van der Waals surface area contributed by atoms with Crippen molar-refractivity contribution in [3.8, 4) is 6.07 Å². The van der Waals surface area contributed by atoms with Gasteiger partial charge in [-0.2, -0.15) is 15.2 Å². The molecule has 1 N–H and O–H groups in total. The quantitative estimate of drug-likeness (QED) is 0.602. The minimum absolute atomic E-state index is 0.128. The van der Waals surface area contributed by atoms with Crippen LogP contribution in [0.4, 0.5) is 5.82 Å². The van der Waals surface area contributed by atoms with Crippen LogP contribution in [0.2, 0.25) is 0 Å². The minimum atomic E-state index is 0.128. The van der Waals surface area contributed by atoms with Crippen molar-refractivity contribution in [3.63, 3.8) is 0 Å². The van der Waals surface area contributed by atoms with E-state index in [4.69, 9.17) is 0 Å². The third-order valence-electron chi connectivity index (χ3n) is 4.06. The molecule has 2 heterocycles. The van der Waals surface area contributed by atoms with Crippen LogP contribution in [-0.4, -0.2) is 19.5 Å². The molecule has 2 aromatic carbocycles. The van der Waals surface area contributed by atoms with Crippen LogP contribution in [0.3, 0.4) is 0 Å². The Morgan fingerprint density at radius 1 is 0.923 bits per heavy atom. The second-order valence-electron chi connectivity index (χ2n) is 5.88. The SMILES string of the molecule is N#Cc1nc(NCc2ccccc2)c2ncn(Cc3ccccc3)c2n1. The average Bonchev–Trinajstić information content (AvgIpc) is 3.10. The van der Waals surface area contributed by atoms with E-state index in [1.165, 1.54) is 0 Å². The van der Waals surface area contributed by atoms with Gasteiger partial charge in [-0.05, 0) is 11.1 Å². The van der Waals surface area contributed by atoms with Gasteiger partial charge >= 0.3 is 0 Å². The number of hydrogen-bond donors (Lipinski definition) is 1. The summed E-state index contributed by atoms with van der Waals surface area (Å²) in [5.74, 6) is 0.699. The smallest absolute Gasteiger partial charge is 0.236 e. The summed E-state index contributed by atoms with van der Waals surface area (Å²) in [6.45, 7) is 1.24. The number of imidazole rings is 1. The van der Waals surface area contributed by atoms with Crippen LogP contribution in [-0.2, 0) is 13.1 Å². The van der Waals surface area contributed by atoms with Gasteiger partial charge in [-0.15, -0.1) is 0 Å². The molecule has 0 aliphatic rings. The Kier molecular flexibility index (Phi) is 4.27. The summed E-state index contributed by atoms with van der Waals surface area (Å²) < 4.78 is 1.93. The maximum Gasteiger partial charge on any atom is 0.236 e. The van der Waals surface area contributed by atoms with Crippen LogP contribution >= 0.6 is 0 Å². The highest BCUT2D eigenvalue weighted by Gasteiger charge is 2.13. The molecule has 0 aliphatic carbocycles. The highest BCUT2D eigenvalue weighted by Crippen LogP contribution is 2.20. The number of rotatable bonds is 5. The topological polar surface area (TPSA) is 79.4 Å². The molecule has 4 rings (SSSR count). The Labute approximate surface area is 150 Å². The zero-order chi connectivity index (χ0) is 17.8. The molecule has 26 heavy (non-hydrogen) atoms. The van der Waals surface area contributed by atoms with Gasteiger partial charge in [-0.3, -0.25) is 0 Å². The maximum absolute atomic E-state index is 9.29. The second-order valence-corrected chi connectivity index (χ2v) is 5.88. The molecule has 0 aliphatic heterocycles. The largest absolute Gasteiger partial charge is 0.364 e. The fraction of sp³-hybridized carbons (Fsp3) is 0.100. The first kappa shape index (κ1) is 15.8. The summed E-state index contributed by atoms with van der Waals surface area (Å²) in [4.78, 5) is 13.1. The van der Waals surface area contributed by atoms with Crippen molar-refractivity contribution in [2.45, 2.75) is 13.1 Å². The Hall–Kier alpha value is -3.72. The lowest BCUT2D eigenvalue weighted by atomic mass is 10.2. The number of nitrogens with one attached hydrogen (secondary N) is 1. The van der Waals surface area contributed by atoms with Crippen LogP contribution in [0.15, 0.2) is 67.0 Å². The minimum Gasteiger partial charge on any atom is -0.364 e. The van der Waals surface area contributed by atoms with Crippen LogP contribution in [0.1, 0.15) is 17.0 Å². The first-order valence-electron chi connectivity index (χ1n) is 8.28. The molecular weight excluding hydrogens is 324 g/mol. The molecule has 0 fully saturated rings. The van der Waals surface area contributed by atoms with Crippen molar-refractivity contribution < 1.29 is 0 Å². The molecule has 0 radical (unpaired) electrons. The highest BCUT2D eigenvalue weighted by molar-refractivity contribution is 5.83. The molecule has 0 bridgehead atoms. The number of hydrogen-bond acceptors (Lipinski definition) is 5. The van der Waals surface area contributed by atoms with E-state index < -0.39 is 0 Å². The van der Waals surface area contributed by atoms with Crippen molar-refractivity contribution >= 4 is 17.0 Å². The predicted octanol–water partition coefficient (Wildman–Crippen LogP) is 3.36. The molecule has 6 heteroatoms. The van der Waals surface area contributed by atoms with Crippen LogP contribution < -0.4 is 5.32 Å². The number of anilines is 1. The van der Waals surface area contributed by atoms with Gasteiger partial charge in [-0.1, -0.05) is 60.7 Å². The van der Waals surface area contributed by atoms with Gasteiger partial charge in [0.25, 0.3) is 0 Å². The van der Waals surface area contributed by atoms with Crippen LogP contribution in [0, 0.1) is 11.3 Å². The van der Waals surface area contributed by atoms with Crippen molar-refractivity contribution in [1.29, 1.82) is 5.26 Å². The zero-order valence-electron chi connectivity index (χ0n) is 14.0. The molecule has 2 aromatic heterocycles. The number of aromatic nitrogens is 4. The van der Waals surface area contributed by atoms with Crippen LogP contribution in [0.5, 0.6) is 0 Å².